The number of ether oxygens (including phenoxy) is 1. The van der Waals surface area contributed by atoms with Gasteiger partial charge >= 0.3 is 0 Å². The zero-order valence-electron chi connectivity index (χ0n) is 12.8. The van der Waals surface area contributed by atoms with Crippen LogP contribution in [-0.2, 0) is 6.61 Å². The number of nitrogens with zero attached hydrogens (tertiary/aromatic N) is 1. The molecule has 0 atom stereocenters. The average Bonchev–Trinajstić information content (AvgIpc) is 2.61. The highest BCUT2D eigenvalue weighted by molar-refractivity contribution is 6.33. The van der Waals surface area contributed by atoms with Crippen molar-refractivity contribution in [1.29, 1.82) is 0 Å². The number of rotatable bonds is 5. The molecule has 5 heteroatoms. The molecule has 2 N–H and O–H groups in total. The fourth-order valence-electron chi connectivity index (χ4n) is 2.37. The minimum atomic E-state index is -0.528. The summed E-state index contributed by atoms with van der Waals surface area (Å²) in [5.74, 6) is 0.0956. The van der Waals surface area contributed by atoms with Gasteiger partial charge in [0, 0.05) is 29.1 Å². The third-order valence-corrected chi connectivity index (χ3v) is 3.89. The van der Waals surface area contributed by atoms with Crippen LogP contribution >= 0.6 is 11.6 Å². The number of carbonyl (C=O) groups excluding carboxylic acids is 1. The first kappa shape index (κ1) is 16.0. The number of nitrogens with two attached hydrogens (primary N) is 1. The molecule has 0 aliphatic rings. The van der Waals surface area contributed by atoms with Crippen molar-refractivity contribution >= 4 is 17.5 Å². The van der Waals surface area contributed by atoms with Crippen molar-refractivity contribution < 1.29 is 9.53 Å². The Hall–Kier alpha value is -2.85. The van der Waals surface area contributed by atoms with Crippen molar-refractivity contribution in [2.75, 3.05) is 0 Å². The van der Waals surface area contributed by atoms with Crippen molar-refractivity contribution in [2.24, 2.45) is 5.73 Å². The summed E-state index contributed by atoms with van der Waals surface area (Å²) in [5.41, 5.74) is 8.14. The SMILES string of the molecule is NC(=O)c1ccc(OCc2ccccc2)cc1-c1cnccc1Cl. The maximum atomic E-state index is 11.7. The summed E-state index contributed by atoms with van der Waals surface area (Å²) in [6, 6.07) is 16.6. The summed E-state index contributed by atoms with van der Waals surface area (Å²) in [6.07, 6.45) is 3.19. The van der Waals surface area contributed by atoms with Crippen LogP contribution in [0, 0.1) is 0 Å². The van der Waals surface area contributed by atoms with E-state index >= 15 is 0 Å². The Morgan fingerprint density at radius 3 is 2.58 bits per heavy atom. The fourth-order valence-corrected chi connectivity index (χ4v) is 2.57. The number of hydrogen-bond acceptors (Lipinski definition) is 3. The van der Waals surface area contributed by atoms with Crippen LogP contribution in [0.5, 0.6) is 5.75 Å². The van der Waals surface area contributed by atoms with Crippen LogP contribution in [-0.4, -0.2) is 10.9 Å². The molecule has 0 aliphatic carbocycles. The van der Waals surface area contributed by atoms with Gasteiger partial charge in [0.05, 0.1) is 5.02 Å². The summed E-state index contributed by atoms with van der Waals surface area (Å²) in [5, 5.41) is 0.493. The summed E-state index contributed by atoms with van der Waals surface area (Å²) in [6.45, 7) is 0.428. The van der Waals surface area contributed by atoms with Crippen LogP contribution in [0.2, 0.25) is 5.02 Å². The van der Waals surface area contributed by atoms with E-state index in [1.165, 1.54) is 0 Å². The Morgan fingerprint density at radius 2 is 1.88 bits per heavy atom. The number of amides is 1. The Kier molecular flexibility index (Phi) is 4.77. The Bertz CT molecular complexity index is 866. The molecule has 3 aromatic rings. The summed E-state index contributed by atoms with van der Waals surface area (Å²) >= 11 is 6.23. The zero-order valence-corrected chi connectivity index (χ0v) is 13.5. The van der Waals surface area contributed by atoms with Crippen LogP contribution in [0.1, 0.15) is 15.9 Å². The van der Waals surface area contributed by atoms with Crippen LogP contribution in [0.25, 0.3) is 11.1 Å². The molecule has 0 saturated carbocycles. The van der Waals surface area contributed by atoms with Gasteiger partial charge in [0.25, 0.3) is 0 Å². The minimum Gasteiger partial charge on any atom is -0.489 e. The molecular weight excluding hydrogens is 324 g/mol. The Balaban J connectivity index is 1.94. The highest BCUT2D eigenvalue weighted by Gasteiger charge is 2.14. The van der Waals surface area contributed by atoms with Gasteiger partial charge in [-0.05, 0) is 29.8 Å². The minimum absolute atomic E-state index is 0.372. The quantitative estimate of drug-likeness (QED) is 0.762. The van der Waals surface area contributed by atoms with Gasteiger partial charge in [0.1, 0.15) is 12.4 Å². The molecule has 1 aromatic heterocycles. The predicted octanol–water partition coefficient (Wildman–Crippen LogP) is 4.08. The van der Waals surface area contributed by atoms with Gasteiger partial charge in [-0.25, -0.2) is 0 Å². The molecule has 3 rings (SSSR count). The maximum Gasteiger partial charge on any atom is 0.249 e. The molecule has 0 radical (unpaired) electrons. The molecular formula is C19H15ClN2O2. The molecule has 24 heavy (non-hydrogen) atoms. The Labute approximate surface area is 144 Å². The number of hydrogen-bond donors (Lipinski definition) is 1. The second-order valence-corrected chi connectivity index (χ2v) is 5.61. The molecule has 0 spiro atoms. The van der Waals surface area contributed by atoms with E-state index in [2.05, 4.69) is 4.98 Å². The smallest absolute Gasteiger partial charge is 0.249 e. The van der Waals surface area contributed by atoms with Crippen molar-refractivity contribution in [2.45, 2.75) is 6.61 Å². The summed E-state index contributed by atoms with van der Waals surface area (Å²) in [7, 11) is 0. The van der Waals surface area contributed by atoms with Gasteiger partial charge in [0.2, 0.25) is 5.91 Å². The second kappa shape index (κ2) is 7.15. The number of pyridine rings is 1. The first-order valence-corrected chi connectivity index (χ1v) is 7.73. The lowest BCUT2D eigenvalue weighted by Gasteiger charge is -2.12. The van der Waals surface area contributed by atoms with Crippen LogP contribution in [0.15, 0.2) is 67.0 Å². The van der Waals surface area contributed by atoms with E-state index in [1.807, 2.05) is 30.3 Å². The average molecular weight is 339 g/mol. The van der Waals surface area contributed by atoms with Gasteiger partial charge in [0.15, 0.2) is 0 Å². The van der Waals surface area contributed by atoms with Gasteiger partial charge in [-0.3, -0.25) is 9.78 Å². The van der Waals surface area contributed by atoms with E-state index in [1.54, 1.807) is 36.7 Å². The number of carbonyl (C=O) groups is 1. The van der Waals surface area contributed by atoms with E-state index < -0.39 is 5.91 Å². The topological polar surface area (TPSA) is 65.2 Å². The lowest BCUT2D eigenvalue weighted by Crippen LogP contribution is -2.12. The monoisotopic (exact) mass is 338 g/mol. The van der Waals surface area contributed by atoms with E-state index in [0.717, 1.165) is 5.56 Å². The first-order chi connectivity index (χ1) is 11.6. The standard InChI is InChI=1S/C19H15ClN2O2/c20-18-8-9-22-11-17(18)16-10-14(6-7-15(16)19(21)23)24-12-13-4-2-1-3-5-13/h1-11H,12H2,(H2,21,23). The van der Waals surface area contributed by atoms with Gasteiger partial charge < -0.3 is 10.5 Å². The highest BCUT2D eigenvalue weighted by atomic mass is 35.5. The molecule has 0 bridgehead atoms. The first-order valence-electron chi connectivity index (χ1n) is 7.35. The van der Waals surface area contributed by atoms with Crippen molar-refractivity contribution in [3.63, 3.8) is 0 Å². The lowest BCUT2D eigenvalue weighted by atomic mass is 10.00. The molecule has 120 valence electrons. The number of halogens is 1. The lowest BCUT2D eigenvalue weighted by molar-refractivity contribution is 0.100. The maximum absolute atomic E-state index is 11.7. The van der Waals surface area contributed by atoms with Gasteiger partial charge in [-0.1, -0.05) is 41.9 Å². The predicted molar refractivity (Wildman–Crippen MR) is 94.0 cm³/mol. The molecule has 0 aliphatic heterocycles. The van der Waals surface area contributed by atoms with Crippen LogP contribution in [0.3, 0.4) is 0 Å². The molecule has 1 amide bonds. The molecule has 1 heterocycles. The van der Waals surface area contributed by atoms with E-state index in [9.17, 15) is 4.79 Å². The summed E-state index contributed by atoms with van der Waals surface area (Å²) < 4.78 is 5.81. The highest BCUT2D eigenvalue weighted by Crippen LogP contribution is 2.32. The van der Waals surface area contributed by atoms with Crippen molar-refractivity contribution in [3.05, 3.63) is 83.1 Å². The van der Waals surface area contributed by atoms with Gasteiger partial charge in [-0.2, -0.15) is 0 Å². The molecule has 4 nitrogen and oxygen atoms in total. The second-order valence-electron chi connectivity index (χ2n) is 5.20. The summed E-state index contributed by atoms with van der Waals surface area (Å²) in [4.78, 5) is 15.8. The largest absolute Gasteiger partial charge is 0.489 e. The molecule has 0 fully saturated rings. The van der Waals surface area contributed by atoms with Crippen molar-refractivity contribution in [1.82, 2.24) is 4.98 Å². The van der Waals surface area contributed by atoms with Crippen LogP contribution < -0.4 is 10.5 Å². The van der Waals surface area contributed by atoms with E-state index in [4.69, 9.17) is 22.1 Å². The Morgan fingerprint density at radius 1 is 1.08 bits per heavy atom. The normalized spacial score (nSPS) is 10.4. The van der Waals surface area contributed by atoms with Gasteiger partial charge in [-0.15, -0.1) is 0 Å². The number of aromatic nitrogens is 1. The third kappa shape index (κ3) is 3.55. The number of benzene rings is 2. The molecule has 0 saturated heterocycles. The van der Waals surface area contributed by atoms with E-state index in [0.29, 0.717) is 34.1 Å². The zero-order chi connectivity index (χ0) is 16.9. The molecule has 2 aromatic carbocycles. The van der Waals surface area contributed by atoms with E-state index in [-0.39, 0.29) is 0 Å². The van der Waals surface area contributed by atoms with Crippen LogP contribution in [0.4, 0.5) is 0 Å². The third-order valence-electron chi connectivity index (χ3n) is 3.56. The molecule has 0 unspecified atom stereocenters. The van der Waals surface area contributed by atoms with Crippen molar-refractivity contribution in [3.8, 4) is 16.9 Å². The fraction of sp³-hybridized carbons (Fsp3) is 0.0526. The number of primary amides is 1.